The van der Waals surface area contributed by atoms with Crippen LogP contribution in [-0.4, -0.2) is 18.2 Å². The number of methoxy groups -OCH3 is 1. The topological polar surface area (TPSA) is 106 Å². The number of phenols is 1. The summed E-state index contributed by atoms with van der Waals surface area (Å²) in [5.41, 5.74) is 0.363. The fourth-order valence-electron chi connectivity index (χ4n) is 1.15. The molecule has 6 heteroatoms. The predicted octanol–water partition coefficient (Wildman–Crippen LogP) is 1.52. The van der Waals surface area contributed by atoms with Crippen LogP contribution in [0.25, 0.3) is 0 Å². The Kier molecular flexibility index (Phi) is 4.30. The Labute approximate surface area is 103 Å². The number of hydrogen-bond donors (Lipinski definition) is 2. The number of carbonyl (C=O) groups excluding carboxylic acids is 1. The molecule has 1 aromatic carbocycles. The smallest absolute Gasteiger partial charge is 0.341 e. The highest BCUT2D eigenvalue weighted by Crippen LogP contribution is 2.22. The summed E-state index contributed by atoms with van der Waals surface area (Å²) in [6.45, 7) is 0. The second-order valence-corrected chi connectivity index (χ2v) is 3.15. The second-order valence-electron chi connectivity index (χ2n) is 3.15. The van der Waals surface area contributed by atoms with Crippen molar-refractivity contribution in [2.24, 2.45) is 0 Å². The summed E-state index contributed by atoms with van der Waals surface area (Å²) in [6.07, 6.45) is 1.20. The molecule has 0 amide bonds. The van der Waals surface area contributed by atoms with Crippen LogP contribution in [0.5, 0.6) is 5.75 Å². The van der Waals surface area contributed by atoms with E-state index >= 15 is 0 Å². The molecule has 0 atom stereocenters. The van der Waals surface area contributed by atoms with E-state index in [2.05, 4.69) is 10.1 Å². The number of ether oxygens (including phenoxy) is 1. The highest BCUT2D eigenvalue weighted by molar-refractivity contribution is 5.92. The molecular weight excluding hydrogens is 234 g/mol. The molecule has 0 fully saturated rings. The van der Waals surface area contributed by atoms with E-state index in [-0.39, 0.29) is 16.9 Å². The SMILES string of the molecule is COC(=O)c1ccc(NC=C(C#N)C#N)cc1O. The van der Waals surface area contributed by atoms with Gasteiger partial charge in [0.05, 0.1) is 7.11 Å². The van der Waals surface area contributed by atoms with E-state index in [1.807, 2.05) is 0 Å². The van der Waals surface area contributed by atoms with Gasteiger partial charge < -0.3 is 15.2 Å². The van der Waals surface area contributed by atoms with Crippen LogP contribution in [0.1, 0.15) is 10.4 Å². The average molecular weight is 243 g/mol. The molecule has 0 radical (unpaired) electrons. The van der Waals surface area contributed by atoms with Crippen LogP contribution >= 0.6 is 0 Å². The van der Waals surface area contributed by atoms with E-state index in [0.29, 0.717) is 5.69 Å². The Morgan fingerprint density at radius 1 is 1.44 bits per heavy atom. The minimum Gasteiger partial charge on any atom is -0.507 e. The van der Waals surface area contributed by atoms with Gasteiger partial charge in [-0.15, -0.1) is 0 Å². The molecule has 0 aliphatic rings. The number of aromatic hydroxyl groups is 1. The number of anilines is 1. The highest BCUT2D eigenvalue weighted by atomic mass is 16.5. The first-order valence-electron chi connectivity index (χ1n) is 4.80. The molecule has 0 aliphatic heterocycles. The zero-order chi connectivity index (χ0) is 13.5. The third-order valence-corrected chi connectivity index (χ3v) is 2.03. The number of nitrogens with one attached hydrogen (secondary N) is 1. The Bertz CT molecular complexity index is 563. The van der Waals surface area contributed by atoms with Crippen molar-refractivity contribution in [3.05, 3.63) is 35.5 Å². The van der Waals surface area contributed by atoms with Crippen molar-refractivity contribution in [3.63, 3.8) is 0 Å². The number of nitriles is 2. The van der Waals surface area contributed by atoms with Gasteiger partial charge in [-0.1, -0.05) is 0 Å². The minimum absolute atomic E-state index is 0.0350. The molecule has 0 aliphatic carbocycles. The predicted molar refractivity (Wildman–Crippen MR) is 62.4 cm³/mol. The Hall–Kier alpha value is -2.99. The van der Waals surface area contributed by atoms with Crippen molar-refractivity contribution in [1.82, 2.24) is 0 Å². The van der Waals surface area contributed by atoms with Crippen LogP contribution < -0.4 is 5.32 Å². The van der Waals surface area contributed by atoms with Crippen LogP contribution in [0, 0.1) is 22.7 Å². The summed E-state index contributed by atoms with van der Waals surface area (Å²) in [5.74, 6) is -0.903. The lowest BCUT2D eigenvalue weighted by Gasteiger charge is -2.05. The number of nitrogens with zero attached hydrogens (tertiary/aromatic N) is 2. The van der Waals surface area contributed by atoms with Gasteiger partial charge in [-0.2, -0.15) is 10.5 Å². The molecule has 90 valence electrons. The van der Waals surface area contributed by atoms with E-state index in [1.54, 1.807) is 12.1 Å². The molecule has 0 spiro atoms. The minimum atomic E-state index is -0.649. The second kappa shape index (κ2) is 5.92. The molecule has 2 N–H and O–H groups in total. The van der Waals surface area contributed by atoms with E-state index in [1.165, 1.54) is 31.5 Å². The summed E-state index contributed by atoms with van der Waals surface area (Å²) in [4.78, 5) is 11.2. The van der Waals surface area contributed by atoms with E-state index in [0.717, 1.165) is 0 Å². The Balaban J connectivity index is 2.93. The number of rotatable bonds is 3. The van der Waals surface area contributed by atoms with E-state index in [9.17, 15) is 9.90 Å². The first kappa shape index (κ1) is 13.1. The summed E-state index contributed by atoms with van der Waals surface area (Å²) >= 11 is 0. The van der Waals surface area contributed by atoms with Crippen molar-refractivity contribution >= 4 is 11.7 Å². The van der Waals surface area contributed by atoms with Crippen molar-refractivity contribution < 1.29 is 14.6 Å². The van der Waals surface area contributed by atoms with E-state index < -0.39 is 5.97 Å². The fraction of sp³-hybridized carbons (Fsp3) is 0.0833. The molecule has 1 aromatic rings. The monoisotopic (exact) mass is 243 g/mol. The van der Waals surface area contributed by atoms with E-state index in [4.69, 9.17) is 10.5 Å². The van der Waals surface area contributed by atoms with Crippen molar-refractivity contribution in [1.29, 1.82) is 10.5 Å². The van der Waals surface area contributed by atoms with Crippen LogP contribution in [0.3, 0.4) is 0 Å². The zero-order valence-corrected chi connectivity index (χ0v) is 9.47. The first-order valence-corrected chi connectivity index (χ1v) is 4.80. The molecule has 1 rings (SSSR count). The molecule has 0 unspecified atom stereocenters. The molecule has 0 saturated heterocycles. The van der Waals surface area contributed by atoms with Crippen molar-refractivity contribution in [3.8, 4) is 17.9 Å². The maximum atomic E-state index is 11.2. The van der Waals surface area contributed by atoms with Crippen molar-refractivity contribution in [2.75, 3.05) is 12.4 Å². The Morgan fingerprint density at radius 2 is 2.11 bits per heavy atom. The molecule has 6 nitrogen and oxygen atoms in total. The lowest BCUT2D eigenvalue weighted by molar-refractivity contribution is 0.0597. The molecule has 0 saturated carbocycles. The molecule has 18 heavy (non-hydrogen) atoms. The molecular formula is C12H9N3O3. The van der Waals surface area contributed by atoms with Gasteiger partial charge in [0.15, 0.2) is 0 Å². The highest BCUT2D eigenvalue weighted by Gasteiger charge is 2.11. The Morgan fingerprint density at radius 3 is 2.61 bits per heavy atom. The van der Waals surface area contributed by atoms with Crippen LogP contribution in [0.2, 0.25) is 0 Å². The number of carbonyl (C=O) groups is 1. The van der Waals surface area contributed by atoms with Crippen LogP contribution in [0.4, 0.5) is 5.69 Å². The van der Waals surface area contributed by atoms with Gasteiger partial charge in [-0.25, -0.2) is 4.79 Å². The number of allylic oxidation sites excluding steroid dienone is 1. The summed E-state index contributed by atoms with van der Waals surface area (Å²) in [7, 11) is 1.21. The molecule has 0 bridgehead atoms. The third kappa shape index (κ3) is 3.00. The van der Waals surface area contributed by atoms with Gasteiger partial charge in [0, 0.05) is 18.0 Å². The van der Waals surface area contributed by atoms with Gasteiger partial charge in [0.2, 0.25) is 0 Å². The van der Waals surface area contributed by atoms with Gasteiger partial charge >= 0.3 is 5.97 Å². The quantitative estimate of drug-likeness (QED) is 0.615. The summed E-state index contributed by atoms with van der Waals surface area (Å²) in [6, 6.07) is 7.52. The maximum absolute atomic E-state index is 11.2. The number of benzene rings is 1. The molecule has 0 aromatic heterocycles. The summed E-state index contributed by atoms with van der Waals surface area (Å²) < 4.78 is 4.47. The van der Waals surface area contributed by atoms with Gasteiger partial charge in [0.1, 0.15) is 29.0 Å². The molecule has 0 heterocycles. The normalized spacial score (nSPS) is 8.61. The van der Waals surface area contributed by atoms with Crippen LogP contribution in [0.15, 0.2) is 30.0 Å². The maximum Gasteiger partial charge on any atom is 0.341 e. The van der Waals surface area contributed by atoms with Crippen molar-refractivity contribution in [2.45, 2.75) is 0 Å². The lowest BCUT2D eigenvalue weighted by Crippen LogP contribution is -2.01. The lowest BCUT2D eigenvalue weighted by atomic mass is 10.2. The first-order chi connectivity index (χ1) is 8.62. The fourth-order valence-corrected chi connectivity index (χ4v) is 1.15. The largest absolute Gasteiger partial charge is 0.507 e. The summed E-state index contributed by atoms with van der Waals surface area (Å²) in [5, 5.41) is 29.3. The number of hydrogen-bond acceptors (Lipinski definition) is 6. The van der Waals surface area contributed by atoms with Gasteiger partial charge in [-0.05, 0) is 12.1 Å². The van der Waals surface area contributed by atoms with Gasteiger partial charge in [0.25, 0.3) is 0 Å². The van der Waals surface area contributed by atoms with Crippen LogP contribution in [-0.2, 0) is 4.74 Å². The van der Waals surface area contributed by atoms with Gasteiger partial charge in [-0.3, -0.25) is 0 Å². The number of esters is 1. The third-order valence-electron chi connectivity index (χ3n) is 2.03. The average Bonchev–Trinajstić information content (AvgIpc) is 2.39. The zero-order valence-electron chi connectivity index (χ0n) is 9.47. The standard InChI is InChI=1S/C12H9N3O3/c1-18-12(17)10-3-2-9(4-11(10)16)15-7-8(5-13)6-14/h2-4,7,15-16H,1H3. The number of phenolic OH excluding ortho intramolecular Hbond substituents is 1.